The number of hydrogen-bond acceptors (Lipinski definition) is 2. The number of rotatable bonds is 10. The van der Waals surface area contributed by atoms with Crippen LogP contribution in [0.1, 0.15) is 55.7 Å². The number of halogens is 6. The van der Waals surface area contributed by atoms with Crippen molar-refractivity contribution in [1.29, 1.82) is 0 Å². The lowest BCUT2D eigenvalue weighted by atomic mass is 10.0. The second-order valence-corrected chi connectivity index (χ2v) is 8.08. The third-order valence-electron chi connectivity index (χ3n) is 5.48. The zero-order valence-electron chi connectivity index (χ0n) is 18.9. The lowest BCUT2D eigenvalue weighted by molar-refractivity contribution is -0.830. The topological polar surface area (TPSA) is 50.9 Å². The van der Waals surface area contributed by atoms with Crippen LogP contribution in [0.15, 0.2) is 36.5 Å². The Kier molecular flexibility index (Phi) is 8.14. The molecule has 3 rings (SSSR count). The van der Waals surface area contributed by atoms with Crippen LogP contribution in [0.5, 0.6) is 11.5 Å². The SMILES string of the molecule is CCCCCCCc1c[nH]c2ccc(Oc3c(C(F)(F)F)cc([NH2+]OC)cc3C(F)(F)F)cc12. The van der Waals surface area contributed by atoms with E-state index in [1.807, 2.05) is 6.20 Å². The van der Waals surface area contributed by atoms with Gasteiger partial charge < -0.3 is 9.72 Å². The third-order valence-corrected chi connectivity index (χ3v) is 5.48. The maximum absolute atomic E-state index is 13.7. The maximum Gasteiger partial charge on any atom is 0.420 e. The lowest BCUT2D eigenvalue weighted by Gasteiger charge is -2.19. The highest BCUT2D eigenvalue weighted by Crippen LogP contribution is 2.47. The fraction of sp³-hybridized carbons (Fsp3) is 0.417. The van der Waals surface area contributed by atoms with Crippen LogP contribution in [0.25, 0.3) is 10.9 Å². The molecule has 1 heterocycles. The first-order valence-electron chi connectivity index (χ1n) is 11.0. The number of alkyl halides is 6. The Labute approximate surface area is 193 Å². The standard InChI is InChI=1S/C24H26F6N2O2/c1-3-4-5-6-7-8-15-14-31-21-10-9-17(13-18(15)21)34-22-19(23(25,26)27)11-16(32-33-2)12-20(22)24(28,29)30/h9-14,31-32H,3-8H2,1-2H3/p+1. The average Bonchev–Trinajstić information content (AvgIpc) is 3.15. The van der Waals surface area contributed by atoms with Crippen LogP contribution >= 0.6 is 0 Å². The van der Waals surface area contributed by atoms with Crippen LogP contribution in [-0.4, -0.2) is 12.1 Å². The van der Waals surface area contributed by atoms with Crippen molar-refractivity contribution >= 4 is 16.6 Å². The van der Waals surface area contributed by atoms with Gasteiger partial charge in [0.25, 0.3) is 0 Å². The van der Waals surface area contributed by atoms with E-state index in [9.17, 15) is 26.3 Å². The van der Waals surface area contributed by atoms with Crippen molar-refractivity contribution in [3.8, 4) is 11.5 Å². The summed E-state index contributed by atoms with van der Waals surface area (Å²) in [5.74, 6) is -1.40. The number of unbranched alkanes of at least 4 members (excludes halogenated alkanes) is 4. The van der Waals surface area contributed by atoms with Crippen molar-refractivity contribution in [2.75, 3.05) is 7.11 Å². The van der Waals surface area contributed by atoms with Gasteiger partial charge in [-0.1, -0.05) is 32.6 Å². The third kappa shape index (κ3) is 6.24. The molecule has 34 heavy (non-hydrogen) atoms. The predicted octanol–water partition coefficient (Wildman–Crippen LogP) is 7.27. The summed E-state index contributed by atoms with van der Waals surface area (Å²) in [6.45, 7) is 2.12. The second kappa shape index (κ2) is 10.7. The van der Waals surface area contributed by atoms with E-state index in [0.29, 0.717) is 17.5 Å². The first-order valence-corrected chi connectivity index (χ1v) is 11.0. The summed E-state index contributed by atoms with van der Waals surface area (Å²) >= 11 is 0. The van der Waals surface area contributed by atoms with Crippen molar-refractivity contribution in [1.82, 2.24) is 4.98 Å². The van der Waals surface area contributed by atoms with Gasteiger partial charge in [-0.15, -0.1) is 0 Å². The molecule has 0 unspecified atom stereocenters. The van der Waals surface area contributed by atoms with E-state index < -0.39 is 29.2 Å². The zero-order chi connectivity index (χ0) is 24.9. The molecule has 0 amide bonds. The highest BCUT2D eigenvalue weighted by atomic mass is 19.4. The Hall–Kier alpha value is -2.72. The van der Waals surface area contributed by atoms with Crippen LogP contribution in [0.2, 0.25) is 0 Å². The Balaban J connectivity index is 1.99. The van der Waals surface area contributed by atoms with Crippen LogP contribution in [0, 0.1) is 0 Å². The van der Waals surface area contributed by atoms with E-state index in [1.54, 1.807) is 6.07 Å². The van der Waals surface area contributed by atoms with Crippen LogP contribution < -0.4 is 10.2 Å². The molecule has 1 aromatic heterocycles. The summed E-state index contributed by atoms with van der Waals surface area (Å²) in [6.07, 6.45) is -2.22. The number of fused-ring (bicyclic) bond motifs is 1. The fourth-order valence-electron chi connectivity index (χ4n) is 3.85. The molecule has 0 atom stereocenters. The Bertz CT molecular complexity index is 1070. The summed E-state index contributed by atoms with van der Waals surface area (Å²) in [7, 11) is 1.14. The normalized spacial score (nSPS) is 12.5. The molecule has 0 saturated heterocycles. The minimum Gasteiger partial charge on any atom is -0.456 e. The smallest absolute Gasteiger partial charge is 0.420 e. The van der Waals surface area contributed by atoms with Gasteiger partial charge in [0, 0.05) is 29.2 Å². The molecule has 10 heteroatoms. The van der Waals surface area contributed by atoms with Gasteiger partial charge in [-0.05, 0) is 36.6 Å². The van der Waals surface area contributed by atoms with Gasteiger partial charge in [0.1, 0.15) is 16.9 Å². The van der Waals surface area contributed by atoms with Crippen molar-refractivity contribution in [2.24, 2.45) is 0 Å². The van der Waals surface area contributed by atoms with Crippen molar-refractivity contribution in [2.45, 2.75) is 57.8 Å². The molecule has 0 spiro atoms. The van der Waals surface area contributed by atoms with Crippen molar-refractivity contribution < 1.29 is 41.4 Å². The van der Waals surface area contributed by atoms with Crippen LogP contribution in [0.3, 0.4) is 0 Å². The molecule has 0 bridgehead atoms. The summed E-state index contributed by atoms with van der Waals surface area (Å²) in [5, 5.41) is 0.708. The molecule has 0 fully saturated rings. The first-order chi connectivity index (χ1) is 16.0. The minimum atomic E-state index is -5.07. The van der Waals surface area contributed by atoms with E-state index >= 15 is 0 Å². The molecular weight excluding hydrogens is 462 g/mol. The van der Waals surface area contributed by atoms with Crippen molar-refractivity contribution in [3.63, 3.8) is 0 Å². The second-order valence-electron chi connectivity index (χ2n) is 8.08. The van der Waals surface area contributed by atoms with E-state index in [0.717, 1.165) is 62.2 Å². The quantitative estimate of drug-likeness (QED) is 0.136. The van der Waals surface area contributed by atoms with Gasteiger partial charge in [-0.3, -0.25) is 0 Å². The van der Waals surface area contributed by atoms with E-state index in [-0.39, 0.29) is 11.4 Å². The van der Waals surface area contributed by atoms with E-state index in [4.69, 9.17) is 4.74 Å². The average molecular weight is 489 g/mol. The Morgan fingerprint density at radius 1 is 0.882 bits per heavy atom. The number of nitrogens with one attached hydrogen (secondary N) is 1. The Morgan fingerprint density at radius 3 is 2.12 bits per heavy atom. The van der Waals surface area contributed by atoms with Gasteiger partial charge in [0.05, 0.1) is 7.11 Å². The first kappa shape index (κ1) is 25.9. The molecule has 0 aliphatic carbocycles. The van der Waals surface area contributed by atoms with E-state index in [1.165, 1.54) is 12.1 Å². The number of ether oxygens (including phenoxy) is 1. The number of H-pyrrole nitrogens is 1. The van der Waals surface area contributed by atoms with Crippen LogP contribution in [0.4, 0.5) is 32.0 Å². The van der Waals surface area contributed by atoms with Gasteiger partial charge in [-0.25, -0.2) is 4.84 Å². The molecule has 3 aromatic rings. The number of aromatic amines is 1. The molecule has 2 aromatic carbocycles. The molecule has 0 aliphatic heterocycles. The predicted molar refractivity (Wildman–Crippen MR) is 116 cm³/mol. The van der Waals surface area contributed by atoms with Gasteiger partial charge in [-0.2, -0.15) is 31.8 Å². The molecule has 3 N–H and O–H groups in total. The van der Waals surface area contributed by atoms with Crippen LogP contribution in [-0.2, 0) is 23.6 Å². The highest BCUT2D eigenvalue weighted by Gasteiger charge is 2.43. The molecule has 0 saturated carbocycles. The lowest BCUT2D eigenvalue weighted by Crippen LogP contribution is -2.76. The van der Waals surface area contributed by atoms with Gasteiger partial charge in [0.15, 0.2) is 11.4 Å². The highest BCUT2D eigenvalue weighted by molar-refractivity contribution is 5.84. The van der Waals surface area contributed by atoms with Crippen molar-refractivity contribution in [3.05, 3.63) is 53.2 Å². The number of aromatic nitrogens is 1. The maximum atomic E-state index is 13.7. The number of benzene rings is 2. The molecule has 186 valence electrons. The molecule has 4 nitrogen and oxygen atoms in total. The molecule has 0 radical (unpaired) electrons. The molecule has 0 aliphatic rings. The summed E-state index contributed by atoms with van der Waals surface area (Å²) in [5.41, 5.74) is -0.956. The van der Waals surface area contributed by atoms with Gasteiger partial charge >= 0.3 is 12.4 Å². The number of nitrogens with two attached hydrogens (primary N) is 1. The minimum absolute atomic E-state index is 0.112. The largest absolute Gasteiger partial charge is 0.456 e. The fourth-order valence-corrected chi connectivity index (χ4v) is 3.85. The summed E-state index contributed by atoms with van der Waals surface area (Å²) < 4.78 is 87.7. The summed E-state index contributed by atoms with van der Waals surface area (Å²) in [6, 6.07) is 5.55. The number of aryl methyl sites for hydroxylation is 1. The zero-order valence-corrected chi connectivity index (χ0v) is 18.9. The van der Waals surface area contributed by atoms with E-state index in [2.05, 4.69) is 16.7 Å². The summed E-state index contributed by atoms with van der Waals surface area (Å²) in [4.78, 5) is 7.71. The Morgan fingerprint density at radius 2 is 1.53 bits per heavy atom. The number of quaternary nitrogens is 1. The monoisotopic (exact) mass is 489 g/mol. The number of hydrogen-bond donors (Lipinski definition) is 2. The molecular formula is C24H27F6N2O2+. The van der Waals surface area contributed by atoms with Gasteiger partial charge in [0.2, 0.25) is 0 Å².